The van der Waals surface area contributed by atoms with Crippen molar-refractivity contribution in [3.63, 3.8) is 0 Å². The number of hydrogen-bond donors (Lipinski definition) is 1. The third-order valence-corrected chi connectivity index (χ3v) is 2.80. The highest BCUT2D eigenvalue weighted by atomic mass is 15.2. The molecule has 1 saturated heterocycles. The molecular weight excluding hydrogens is 188 g/mol. The zero-order valence-electron chi connectivity index (χ0n) is 9.13. The average Bonchev–Trinajstić information content (AvgIpc) is 2.17. The summed E-state index contributed by atoms with van der Waals surface area (Å²) in [6.07, 6.45) is 4.53. The number of nitrogens with two attached hydrogens (primary N) is 1. The predicted octanol–water partition coefficient (Wildman–Crippen LogP) is 0.646. The van der Waals surface area contributed by atoms with E-state index in [1.807, 2.05) is 6.07 Å². The van der Waals surface area contributed by atoms with Gasteiger partial charge in [0.05, 0.1) is 5.69 Å². The minimum Gasteiger partial charge on any atom is -0.327 e. The van der Waals surface area contributed by atoms with E-state index in [-0.39, 0.29) is 0 Å². The molecule has 0 aliphatic carbocycles. The van der Waals surface area contributed by atoms with E-state index in [9.17, 15) is 0 Å². The minimum atomic E-state index is 0.315. The maximum Gasteiger partial charge on any atom is 0.115 e. The first-order valence-corrected chi connectivity index (χ1v) is 5.47. The van der Waals surface area contributed by atoms with Crippen molar-refractivity contribution in [1.82, 2.24) is 14.9 Å². The van der Waals surface area contributed by atoms with Crippen LogP contribution in [0.5, 0.6) is 0 Å². The minimum absolute atomic E-state index is 0.315. The van der Waals surface area contributed by atoms with E-state index < -0.39 is 0 Å². The van der Waals surface area contributed by atoms with Crippen molar-refractivity contribution in [2.24, 2.45) is 11.7 Å². The molecule has 1 aromatic rings. The fourth-order valence-electron chi connectivity index (χ4n) is 2.28. The van der Waals surface area contributed by atoms with Crippen LogP contribution in [0, 0.1) is 5.92 Å². The summed E-state index contributed by atoms with van der Waals surface area (Å²) in [5.41, 5.74) is 7.07. The van der Waals surface area contributed by atoms with Gasteiger partial charge in [0.1, 0.15) is 6.33 Å². The smallest absolute Gasteiger partial charge is 0.115 e. The SMILES string of the molecule is CC1CC(N)CN(Cc2ccncn2)C1. The van der Waals surface area contributed by atoms with Crippen molar-refractivity contribution in [3.05, 3.63) is 24.3 Å². The molecule has 1 fully saturated rings. The summed E-state index contributed by atoms with van der Waals surface area (Å²) in [7, 11) is 0. The van der Waals surface area contributed by atoms with Gasteiger partial charge in [-0.2, -0.15) is 0 Å². The molecule has 2 heterocycles. The van der Waals surface area contributed by atoms with Crippen LogP contribution in [0.25, 0.3) is 0 Å². The Morgan fingerprint density at radius 2 is 2.40 bits per heavy atom. The summed E-state index contributed by atoms with van der Waals surface area (Å²) >= 11 is 0. The van der Waals surface area contributed by atoms with Crippen LogP contribution < -0.4 is 5.73 Å². The molecule has 0 spiro atoms. The standard InChI is InChI=1S/C11H18N4/c1-9-4-10(12)6-15(5-9)7-11-2-3-13-8-14-11/h2-3,8-10H,4-7,12H2,1H3. The van der Waals surface area contributed by atoms with Gasteiger partial charge in [-0.15, -0.1) is 0 Å². The lowest BCUT2D eigenvalue weighted by atomic mass is 9.96. The van der Waals surface area contributed by atoms with Crippen LogP contribution in [0.4, 0.5) is 0 Å². The van der Waals surface area contributed by atoms with Crippen LogP contribution in [0.15, 0.2) is 18.6 Å². The van der Waals surface area contributed by atoms with E-state index in [0.29, 0.717) is 12.0 Å². The molecule has 0 saturated carbocycles. The highest BCUT2D eigenvalue weighted by molar-refractivity contribution is 4.98. The second kappa shape index (κ2) is 4.68. The molecule has 82 valence electrons. The maximum absolute atomic E-state index is 5.99. The number of piperidine rings is 1. The number of likely N-dealkylation sites (tertiary alicyclic amines) is 1. The van der Waals surface area contributed by atoms with Gasteiger partial charge in [-0.05, 0) is 18.4 Å². The lowest BCUT2D eigenvalue weighted by Gasteiger charge is -2.34. The van der Waals surface area contributed by atoms with Crippen molar-refractivity contribution in [2.75, 3.05) is 13.1 Å². The van der Waals surface area contributed by atoms with Gasteiger partial charge in [-0.3, -0.25) is 4.90 Å². The van der Waals surface area contributed by atoms with E-state index in [0.717, 1.165) is 31.7 Å². The van der Waals surface area contributed by atoms with Gasteiger partial charge in [0.2, 0.25) is 0 Å². The number of hydrogen-bond acceptors (Lipinski definition) is 4. The Bertz CT molecular complexity index is 291. The molecule has 0 bridgehead atoms. The van der Waals surface area contributed by atoms with Crippen LogP contribution in [0.2, 0.25) is 0 Å². The normalized spacial score (nSPS) is 27.9. The highest BCUT2D eigenvalue weighted by Crippen LogP contribution is 2.16. The number of aromatic nitrogens is 2. The number of rotatable bonds is 2. The maximum atomic E-state index is 5.99. The monoisotopic (exact) mass is 206 g/mol. The van der Waals surface area contributed by atoms with Crippen LogP contribution >= 0.6 is 0 Å². The molecule has 2 unspecified atom stereocenters. The zero-order chi connectivity index (χ0) is 10.7. The largest absolute Gasteiger partial charge is 0.327 e. The Morgan fingerprint density at radius 1 is 1.53 bits per heavy atom. The average molecular weight is 206 g/mol. The van der Waals surface area contributed by atoms with E-state index in [1.165, 1.54) is 0 Å². The third kappa shape index (κ3) is 2.97. The molecule has 0 amide bonds. The summed E-state index contributed by atoms with van der Waals surface area (Å²) in [4.78, 5) is 10.5. The van der Waals surface area contributed by atoms with Crippen LogP contribution in [-0.4, -0.2) is 34.0 Å². The molecule has 1 aliphatic rings. The zero-order valence-corrected chi connectivity index (χ0v) is 9.13. The summed E-state index contributed by atoms with van der Waals surface area (Å²) in [5, 5.41) is 0. The van der Waals surface area contributed by atoms with Crippen molar-refractivity contribution in [3.8, 4) is 0 Å². The van der Waals surface area contributed by atoms with Gasteiger partial charge in [-0.1, -0.05) is 6.92 Å². The number of nitrogens with zero attached hydrogens (tertiary/aromatic N) is 3. The van der Waals surface area contributed by atoms with Gasteiger partial charge < -0.3 is 5.73 Å². The molecule has 15 heavy (non-hydrogen) atoms. The van der Waals surface area contributed by atoms with Gasteiger partial charge >= 0.3 is 0 Å². The topological polar surface area (TPSA) is 55.0 Å². The lowest BCUT2D eigenvalue weighted by Crippen LogP contribution is -2.45. The predicted molar refractivity (Wildman–Crippen MR) is 59.1 cm³/mol. The Kier molecular flexibility index (Phi) is 3.28. The summed E-state index contributed by atoms with van der Waals surface area (Å²) < 4.78 is 0. The fraction of sp³-hybridized carbons (Fsp3) is 0.636. The van der Waals surface area contributed by atoms with Crippen molar-refractivity contribution in [2.45, 2.75) is 25.9 Å². The molecule has 0 aromatic carbocycles. The summed E-state index contributed by atoms with van der Waals surface area (Å²) in [6, 6.07) is 2.28. The third-order valence-electron chi connectivity index (χ3n) is 2.80. The first-order chi connectivity index (χ1) is 7.24. The van der Waals surface area contributed by atoms with Crippen molar-refractivity contribution in [1.29, 1.82) is 0 Å². The first kappa shape index (κ1) is 10.5. The van der Waals surface area contributed by atoms with Gasteiger partial charge in [0.25, 0.3) is 0 Å². The molecule has 2 rings (SSSR count). The molecule has 2 N–H and O–H groups in total. The Morgan fingerprint density at radius 3 is 3.07 bits per heavy atom. The van der Waals surface area contributed by atoms with Gasteiger partial charge in [0, 0.05) is 31.9 Å². The van der Waals surface area contributed by atoms with E-state index in [1.54, 1.807) is 12.5 Å². The van der Waals surface area contributed by atoms with E-state index in [4.69, 9.17) is 5.73 Å². The molecule has 4 heteroatoms. The molecule has 4 nitrogen and oxygen atoms in total. The Hall–Kier alpha value is -1.00. The highest BCUT2D eigenvalue weighted by Gasteiger charge is 2.22. The molecule has 1 aliphatic heterocycles. The Balaban J connectivity index is 1.94. The van der Waals surface area contributed by atoms with Gasteiger partial charge in [0.15, 0.2) is 0 Å². The second-order valence-corrected chi connectivity index (χ2v) is 4.50. The molecular formula is C11H18N4. The van der Waals surface area contributed by atoms with Crippen LogP contribution in [0.3, 0.4) is 0 Å². The molecule has 1 aromatic heterocycles. The summed E-state index contributed by atoms with van der Waals surface area (Å²) in [6.45, 7) is 5.25. The quantitative estimate of drug-likeness (QED) is 0.771. The molecule has 0 radical (unpaired) electrons. The van der Waals surface area contributed by atoms with E-state index >= 15 is 0 Å². The summed E-state index contributed by atoms with van der Waals surface area (Å²) in [5.74, 6) is 0.690. The van der Waals surface area contributed by atoms with Crippen molar-refractivity contribution >= 4 is 0 Å². The van der Waals surface area contributed by atoms with E-state index in [2.05, 4.69) is 21.8 Å². The lowest BCUT2D eigenvalue weighted by molar-refractivity contribution is 0.157. The fourth-order valence-corrected chi connectivity index (χ4v) is 2.28. The van der Waals surface area contributed by atoms with Crippen LogP contribution in [-0.2, 0) is 6.54 Å². The van der Waals surface area contributed by atoms with Crippen molar-refractivity contribution < 1.29 is 0 Å². The second-order valence-electron chi connectivity index (χ2n) is 4.50. The first-order valence-electron chi connectivity index (χ1n) is 5.47. The van der Waals surface area contributed by atoms with Gasteiger partial charge in [-0.25, -0.2) is 9.97 Å². The molecule has 2 atom stereocenters. The Labute approximate surface area is 90.5 Å². The van der Waals surface area contributed by atoms with Crippen LogP contribution in [0.1, 0.15) is 19.0 Å².